The number of ether oxygens (including phenoxy) is 1. The normalized spacial score (nSPS) is 20.1. The number of carbonyl (C=O) groups excluding carboxylic acids is 1. The highest BCUT2D eigenvalue weighted by atomic mass is 35.5. The van der Waals surface area contributed by atoms with E-state index < -0.39 is 0 Å². The molecule has 14 heavy (non-hydrogen) atoms. The van der Waals surface area contributed by atoms with Crippen molar-refractivity contribution < 1.29 is 9.53 Å². The van der Waals surface area contributed by atoms with Gasteiger partial charge in [0.2, 0.25) is 0 Å². The number of halogens is 1. The maximum atomic E-state index is 11.0. The number of hydrogen-bond donors (Lipinski definition) is 1. The molecule has 1 aliphatic carbocycles. The molecule has 0 saturated heterocycles. The van der Waals surface area contributed by atoms with Crippen LogP contribution >= 0.6 is 11.6 Å². The second-order valence-electron chi connectivity index (χ2n) is 3.01. The molecule has 0 heterocycles. The average molecular weight is 216 g/mol. The molecule has 0 aromatic heterocycles. The van der Waals surface area contributed by atoms with Gasteiger partial charge in [-0.1, -0.05) is 23.8 Å². The Morgan fingerprint density at radius 1 is 1.79 bits per heavy atom. The molecule has 0 bridgehead atoms. The number of rotatable bonds is 3. The summed E-state index contributed by atoms with van der Waals surface area (Å²) in [7, 11) is 0. The molecule has 1 unspecified atom stereocenters. The van der Waals surface area contributed by atoms with Crippen LogP contribution < -0.4 is 5.32 Å². The summed E-state index contributed by atoms with van der Waals surface area (Å²) in [5, 5.41) is 3.45. The maximum Gasteiger partial charge on any atom is 0.407 e. The molecule has 1 aliphatic rings. The summed E-state index contributed by atoms with van der Waals surface area (Å²) in [6.07, 6.45) is 6.28. The molecule has 1 rings (SSSR count). The van der Waals surface area contributed by atoms with Crippen LogP contribution in [-0.4, -0.2) is 19.2 Å². The number of alkyl carbamates (subject to hydrolysis) is 1. The Morgan fingerprint density at radius 3 is 3.21 bits per heavy atom. The van der Waals surface area contributed by atoms with E-state index in [9.17, 15) is 4.79 Å². The van der Waals surface area contributed by atoms with E-state index in [1.807, 2.05) is 18.2 Å². The Kier molecular flexibility index (Phi) is 4.53. The maximum absolute atomic E-state index is 11.0. The van der Waals surface area contributed by atoms with Crippen LogP contribution in [0.15, 0.2) is 23.3 Å². The summed E-state index contributed by atoms with van der Waals surface area (Å²) < 4.78 is 4.74. The van der Waals surface area contributed by atoms with Gasteiger partial charge >= 0.3 is 6.09 Å². The monoisotopic (exact) mass is 215 g/mol. The molecule has 1 amide bonds. The second-order valence-corrected chi connectivity index (χ2v) is 3.45. The van der Waals surface area contributed by atoms with Crippen LogP contribution in [0.25, 0.3) is 0 Å². The first-order valence-corrected chi connectivity index (χ1v) is 5.04. The number of nitrogens with one attached hydrogen (secondary N) is 1. The first-order valence-electron chi connectivity index (χ1n) is 4.67. The fraction of sp³-hybridized carbons (Fsp3) is 0.500. The number of allylic oxidation sites excluding steroid dienone is 3. The molecule has 3 nitrogen and oxygen atoms in total. The van der Waals surface area contributed by atoms with Gasteiger partial charge in [0.1, 0.15) is 0 Å². The molecule has 0 aromatic carbocycles. The minimum absolute atomic E-state index is 0.186. The van der Waals surface area contributed by atoms with Gasteiger partial charge in [-0.2, -0.15) is 0 Å². The molecule has 4 heteroatoms. The molecule has 0 aliphatic heterocycles. The Bertz CT molecular complexity index is 261. The van der Waals surface area contributed by atoms with Crippen LogP contribution in [0.3, 0.4) is 0 Å². The van der Waals surface area contributed by atoms with Gasteiger partial charge in [-0.3, -0.25) is 0 Å². The molecule has 1 atom stereocenters. The van der Waals surface area contributed by atoms with Crippen molar-refractivity contribution in [1.82, 2.24) is 5.32 Å². The molecule has 1 N–H and O–H groups in total. The fourth-order valence-corrected chi connectivity index (χ4v) is 1.46. The zero-order valence-corrected chi connectivity index (χ0v) is 8.88. The van der Waals surface area contributed by atoms with E-state index in [4.69, 9.17) is 16.3 Å². The van der Waals surface area contributed by atoms with E-state index in [1.165, 1.54) is 0 Å². The highest BCUT2D eigenvalue weighted by molar-refractivity contribution is 6.30. The Morgan fingerprint density at radius 2 is 2.57 bits per heavy atom. The first-order chi connectivity index (χ1) is 6.74. The van der Waals surface area contributed by atoms with E-state index in [-0.39, 0.29) is 12.0 Å². The van der Waals surface area contributed by atoms with Crippen LogP contribution in [0.2, 0.25) is 0 Å². The largest absolute Gasteiger partial charge is 0.450 e. The minimum atomic E-state index is -0.383. The van der Waals surface area contributed by atoms with Gasteiger partial charge in [-0.15, -0.1) is 0 Å². The highest BCUT2D eigenvalue weighted by Crippen LogP contribution is 2.22. The van der Waals surface area contributed by atoms with Crippen molar-refractivity contribution in [2.75, 3.05) is 13.2 Å². The first kappa shape index (κ1) is 11.1. The molecule has 78 valence electrons. The molecule has 0 fully saturated rings. The number of carbonyl (C=O) groups is 1. The van der Waals surface area contributed by atoms with Crippen molar-refractivity contribution in [2.24, 2.45) is 5.92 Å². The minimum Gasteiger partial charge on any atom is -0.450 e. The fourth-order valence-electron chi connectivity index (χ4n) is 1.22. The zero-order valence-electron chi connectivity index (χ0n) is 8.13. The van der Waals surface area contributed by atoms with Crippen LogP contribution in [-0.2, 0) is 4.74 Å². The third-order valence-corrected chi connectivity index (χ3v) is 2.40. The lowest BCUT2D eigenvalue weighted by atomic mass is 10.0. The van der Waals surface area contributed by atoms with Gasteiger partial charge in [0.25, 0.3) is 0 Å². The highest BCUT2D eigenvalue weighted by Gasteiger charge is 2.14. The smallest absolute Gasteiger partial charge is 0.407 e. The van der Waals surface area contributed by atoms with E-state index in [0.29, 0.717) is 13.2 Å². The van der Waals surface area contributed by atoms with E-state index >= 15 is 0 Å². The summed E-state index contributed by atoms with van der Waals surface area (Å²) in [5.74, 6) is 0.186. The van der Waals surface area contributed by atoms with Crippen molar-refractivity contribution >= 4 is 17.7 Å². The molecular weight excluding hydrogens is 202 g/mol. The lowest BCUT2D eigenvalue weighted by Gasteiger charge is -2.17. The molecule has 0 aromatic rings. The van der Waals surface area contributed by atoms with Crippen molar-refractivity contribution in [2.45, 2.75) is 13.3 Å². The predicted octanol–water partition coefficient (Wildman–Crippen LogP) is 2.43. The summed E-state index contributed by atoms with van der Waals surface area (Å²) >= 11 is 5.96. The third kappa shape index (κ3) is 3.42. The Balaban J connectivity index is 2.28. The lowest BCUT2D eigenvalue weighted by Crippen LogP contribution is -2.30. The van der Waals surface area contributed by atoms with Crippen LogP contribution in [0.1, 0.15) is 13.3 Å². The standard InChI is InChI=1S/C10H14ClNO2/c1-2-14-10(13)12-7-8-5-3-4-6-9(8)11/h3-4,6,8H,2,5,7H2,1H3,(H,12,13). The van der Waals surface area contributed by atoms with Gasteiger partial charge in [0.15, 0.2) is 0 Å². The zero-order chi connectivity index (χ0) is 10.4. The van der Waals surface area contributed by atoms with Crippen molar-refractivity contribution in [3.05, 3.63) is 23.3 Å². The SMILES string of the molecule is CCOC(=O)NCC1CC=CC=C1Cl. The molecule has 0 radical (unpaired) electrons. The van der Waals surface area contributed by atoms with Crippen molar-refractivity contribution in [3.8, 4) is 0 Å². The second kappa shape index (κ2) is 5.70. The Labute approximate surface area is 88.8 Å². The van der Waals surface area contributed by atoms with E-state index in [0.717, 1.165) is 11.5 Å². The van der Waals surface area contributed by atoms with Gasteiger partial charge in [0.05, 0.1) is 6.61 Å². The lowest BCUT2D eigenvalue weighted by molar-refractivity contribution is 0.151. The quantitative estimate of drug-likeness (QED) is 0.785. The molecular formula is C10H14ClNO2. The summed E-state index contributed by atoms with van der Waals surface area (Å²) in [6.45, 7) is 2.69. The van der Waals surface area contributed by atoms with E-state index in [2.05, 4.69) is 5.32 Å². The number of amides is 1. The Hall–Kier alpha value is -0.960. The van der Waals surface area contributed by atoms with Crippen LogP contribution in [0.5, 0.6) is 0 Å². The van der Waals surface area contributed by atoms with Crippen LogP contribution in [0.4, 0.5) is 4.79 Å². The predicted molar refractivity (Wildman–Crippen MR) is 56.2 cm³/mol. The van der Waals surface area contributed by atoms with E-state index in [1.54, 1.807) is 6.92 Å². The summed E-state index contributed by atoms with van der Waals surface area (Å²) in [5.41, 5.74) is 0. The third-order valence-electron chi connectivity index (χ3n) is 1.97. The summed E-state index contributed by atoms with van der Waals surface area (Å²) in [6, 6.07) is 0. The van der Waals surface area contributed by atoms with Gasteiger partial charge in [-0.05, 0) is 19.4 Å². The van der Waals surface area contributed by atoms with Crippen LogP contribution in [0, 0.1) is 5.92 Å². The number of hydrogen-bond acceptors (Lipinski definition) is 2. The molecule has 0 saturated carbocycles. The van der Waals surface area contributed by atoms with Gasteiger partial charge in [0, 0.05) is 17.5 Å². The average Bonchev–Trinajstić information content (AvgIpc) is 2.17. The van der Waals surface area contributed by atoms with Gasteiger partial charge < -0.3 is 10.1 Å². The molecule has 0 spiro atoms. The van der Waals surface area contributed by atoms with Gasteiger partial charge in [-0.25, -0.2) is 4.79 Å². The summed E-state index contributed by atoms with van der Waals surface area (Å²) in [4.78, 5) is 11.0. The topological polar surface area (TPSA) is 38.3 Å². The van der Waals surface area contributed by atoms with Crippen molar-refractivity contribution in [3.63, 3.8) is 0 Å². The van der Waals surface area contributed by atoms with Crippen molar-refractivity contribution in [1.29, 1.82) is 0 Å².